The number of ether oxygens (including phenoxy) is 2. The molecule has 2 unspecified atom stereocenters. The lowest BCUT2D eigenvalue weighted by Crippen LogP contribution is -2.22. The van der Waals surface area contributed by atoms with Crippen molar-refractivity contribution in [3.8, 4) is 0 Å². The molecular weight excluding hydrogens is 294 g/mol. The SMILES string of the molecule is C=CCOCC(O)Cc1cccc(N)c1CC(O)COCC=C. The Bertz CT molecular complexity index is 490. The van der Waals surface area contributed by atoms with Crippen molar-refractivity contribution in [2.24, 2.45) is 0 Å². The number of nitrogens with two attached hydrogens (primary N) is 1. The Morgan fingerprint density at radius 2 is 1.57 bits per heavy atom. The van der Waals surface area contributed by atoms with Gasteiger partial charge in [-0.3, -0.25) is 0 Å². The highest BCUT2D eigenvalue weighted by Gasteiger charge is 2.15. The van der Waals surface area contributed by atoms with Gasteiger partial charge in [-0.2, -0.15) is 0 Å². The van der Waals surface area contributed by atoms with E-state index in [4.69, 9.17) is 15.2 Å². The summed E-state index contributed by atoms with van der Waals surface area (Å²) in [4.78, 5) is 0. The van der Waals surface area contributed by atoms with E-state index in [0.717, 1.165) is 11.1 Å². The number of hydrogen-bond acceptors (Lipinski definition) is 5. The number of benzene rings is 1. The van der Waals surface area contributed by atoms with Crippen molar-refractivity contribution in [1.82, 2.24) is 0 Å². The molecule has 0 aliphatic heterocycles. The van der Waals surface area contributed by atoms with Gasteiger partial charge in [0.25, 0.3) is 0 Å². The van der Waals surface area contributed by atoms with Crippen LogP contribution in [0.15, 0.2) is 43.5 Å². The Balaban J connectivity index is 2.67. The molecule has 0 spiro atoms. The van der Waals surface area contributed by atoms with Gasteiger partial charge in [-0.05, 0) is 17.2 Å². The summed E-state index contributed by atoms with van der Waals surface area (Å²) in [5.41, 5.74) is 8.37. The van der Waals surface area contributed by atoms with Crippen LogP contribution in [-0.4, -0.2) is 48.8 Å². The number of rotatable bonds is 12. The Morgan fingerprint density at radius 3 is 2.13 bits per heavy atom. The minimum absolute atomic E-state index is 0.213. The number of hydrogen-bond donors (Lipinski definition) is 3. The largest absolute Gasteiger partial charge is 0.398 e. The average molecular weight is 321 g/mol. The highest BCUT2D eigenvalue weighted by molar-refractivity contribution is 5.51. The van der Waals surface area contributed by atoms with Crippen LogP contribution in [0.25, 0.3) is 0 Å². The zero-order valence-electron chi connectivity index (χ0n) is 13.5. The maximum atomic E-state index is 10.1. The van der Waals surface area contributed by atoms with Gasteiger partial charge in [-0.1, -0.05) is 24.3 Å². The van der Waals surface area contributed by atoms with Crippen LogP contribution in [0.2, 0.25) is 0 Å². The molecule has 0 aliphatic rings. The summed E-state index contributed by atoms with van der Waals surface area (Å²) < 4.78 is 10.5. The van der Waals surface area contributed by atoms with Crippen molar-refractivity contribution in [1.29, 1.82) is 0 Å². The van der Waals surface area contributed by atoms with Crippen molar-refractivity contribution in [2.45, 2.75) is 25.0 Å². The number of aliphatic hydroxyl groups is 2. The second-order valence-corrected chi connectivity index (χ2v) is 5.35. The number of nitrogen functional groups attached to an aromatic ring is 1. The van der Waals surface area contributed by atoms with Crippen molar-refractivity contribution < 1.29 is 19.7 Å². The van der Waals surface area contributed by atoms with Crippen LogP contribution in [0.4, 0.5) is 5.69 Å². The third kappa shape index (κ3) is 7.43. The van der Waals surface area contributed by atoms with Crippen LogP contribution in [-0.2, 0) is 22.3 Å². The maximum absolute atomic E-state index is 10.1. The lowest BCUT2D eigenvalue weighted by molar-refractivity contribution is 0.0467. The first kappa shape index (κ1) is 19.4. The quantitative estimate of drug-likeness (QED) is 0.308. The first-order valence-corrected chi connectivity index (χ1v) is 7.68. The van der Waals surface area contributed by atoms with Gasteiger partial charge in [-0.15, -0.1) is 13.2 Å². The molecule has 0 heterocycles. The summed E-state index contributed by atoms with van der Waals surface area (Å²) in [6.07, 6.45) is 2.77. The predicted octanol–water partition coefficient (Wildman–Crippen LogP) is 1.48. The van der Waals surface area contributed by atoms with E-state index < -0.39 is 12.2 Å². The van der Waals surface area contributed by atoms with Gasteiger partial charge in [0.05, 0.1) is 38.6 Å². The van der Waals surface area contributed by atoms with E-state index in [1.165, 1.54) is 0 Å². The van der Waals surface area contributed by atoms with Gasteiger partial charge in [0, 0.05) is 18.5 Å². The molecule has 0 amide bonds. The molecule has 5 heteroatoms. The summed E-state index contributed by atoms with van der Waals surface area (Å²) in [6.45, 7) is 8.36. The van der Waals surface area contributed by atoms with Crippen molar-refractivity contribution in [3.63, 3.8) is 0 Å². The summed E-state index contributed by atoms with van der Waals surface area (Å²) in [7, 11) is 0. The summed E-state index contributed by atoms with van der Waals surface area (Å²) >= 11 is 0. The molecule has 0 aromatic heterocycles. The molecule has 2 atom stereocenters. The maximum Gasteiger partial charge on any atom is 0.0814 e. The number of aliphatic hydroxyl groups excluding tert-OH is 2. The molecule has 23 heavy (non-hydrogen) atoms. The Morgan fingerprint density at radius 1 is 1.00 bits per heavy atom. The fourth-order valence-corrected chi connectivity index (χ4v) is 2.28. The van der Waals surface area contributed by atoms with E-state index in [-0.39, 0.29) is 13.2 Å². The van der Waals surface area contributed by atoms with Crippen molar-refractivity contribution in [3.05, 3.63) is 54.6 Å². The minimum Gasteiger partial charge on any atom is -0.398 e. The zero-order chi connectivity index (χ0) is 17.1. The van der Waals surface area contributed by atoms with E-state index in [1.54, 1.807) is 18.2 Å². The highest BCUT2D eigenvalue weighted by Crippen LogP contribution is 2.21. The summed E-state index contributed by atoms with van der Waals surface area (Å²) in [5.74, 6) is 0. The smallest absolute Gasteiger partial charge is 0.0814 e. The van der Waals surface area contributed by atoms with Gasteiger partial charge in [0.1, 0.15) is 0 Å². The van der Waals surface area contributed by atoms with Gasteiger partial charge in [-0.25, -0.2) is 0 Å². The van der Waals surface area contributed by atoms with Gasteiger partial charge in [0.2, 0.25) is 0 Å². The Labute approximate surface area is 138 Å². The lowest BCUT2D eigenvalue weighted by Gasteiger charge is -2.18. The molecule has 0 bridgehead atoms. The minimum atomic E-state index is -0.660. The molecule has 1 aromatic carbocycles. The van der Waals surface area contributed by atoms with E-state index in [2.05, 4.69) is 13.2 Å². The van der Waals surface area contributed by atoms with Gasteiger partial charge >= 0.3 is 0 Å². The van der Waals surface area contributed by atoms with Crippen LogP contribution in [0, 0.1) is 0 Å². The molecule has 0 saturated heterocycles. The van der Waals surface area contributed by atoms with Gasteiger partial charge in [0.15, 0.2) is 0 Å². The van der Waals surface area contributed by atoms with Crippen LogP contribution in [0.1, 0.15) is 11.1 Å². The van der Waals surface area contributed by atoms with E-state index in [9.17, 15) is 10.2 Å². The first-order chi connectivity index (χ1) is 11.1. The number of anilines is 1. The topological polar surface area (TPSA) is 84.9 Å². The highest BCUT2D eigenvalue weighted by atomic mass is 16.5. The fraction of sp³-hybridized carbons (Fsp3) is 0.444. The molecule has 1 aromatic rings. The van der Waals surface area contributed by atoms with Crippen LogP contribution in [0.5, 0.6) is 0 Å². The molecule has 128 valence electrons. The second kappa shape index (κ2) is 11.0. The van der Waals surface area contributed by atoms with Gasteiger partial charge < -0.3 is 25.4 Å². The Kier molecular flexibility index (Phi) is 9.24. The summed E-state index contributed by atoms with van der Waals surface area (Å²) in [5, 5.41) is 20.1. The van der Waals surface area contributed by atoms with E-state index in [0.29, 0.717) is 31.7 Å². The molecule has 0 fully saturated rings. The van der Waals surface area contributed by atoms with E-state index >= 15 is 0 Å². The molecule has 5 nitrogen and oxygen atoms in total. The summed E-state index contributed by atoms with van der Waals surface area (Å²) in [6, 6.07) is 5.53. The predicted molar refractivity (Wildman–Crippen MR) is 92.3 cm³/mol. The molecule has 0 saturated carbocycles. The normalized spacial score (nSPS) is 13.5. The molecule has 1 rings (SSSR count). The third-order valence-electron chi connectivity index (χ3n) is 3.30. The monoisotopic (exact) mass is 321 g/mol. The molecule has 0 radical (unpaired) electrons. The molecule has 0 aliphatic carbocycles. The van der Waals surface area contributed by atoms with E-state index in [1.807, 2.05) is 12.1 Å². The van der Waals surface area contributed by atoms with Crippen LogP contribution >= 0.6 is 0 Å². The molecule has 4 N–H and O–H groups in total. The van der Waals surface area contributed by atoms with Crippen LogP contribution in [0.3, 0.4) is 0 Å². The zero-order valence-corrected chi connectivity index (χ0v) is 13.5. The standard InChI is InChI=1S/C18H27NO4/c1-3-8-22-12-15(20)10-14-6-5-7-18(19)17(14)11-16(21)13-23-9-4-2/h3-7,15-16,20-21H,1-2,8-13,19H2. The average Bonchev–Trinajstić information content (AvgIpc) is 2.51. The first-order valence-electron chi connectivity index (χ1n) is 7.68. The molecular formula is C18H27NO4. The van der Waals surface area contributed by atoms with Crippen molar-refractivity contribution in [2.75, 3.05) is 32.2 Å². The third-order valence-corrected chi connectivity index (χ3v) is 3.30. The second-order valence-electron chi connectivity index (χ2n) is 5.35. The lowest BCUT2D eigenvalue weighted by atomic mass is 9.96. The Hall–Kier alpha value is -1.66. The van der Waals surface area contributed by atoms with Crippen molar-refractivity contribution >= 4 is 5.69 Å². The van der Waals surface area contributed by atoms with Crippen LogP contribution < -0.4 is 5.73 Å². The fourth-order valence-electron chi connectivity index (χ4n) is 2.28.